The minimum absolute atomic E-state index is 0.559. The van der Waals surface area contributed by atoms with Gasteiger partial charge in [0.2, 0.25) is 0 Å². The van der Waals surface area contributed by atoms with E-state index in [0.29, 0.717) is 23.1 Å². The fraction of sp³-hybridized carbons (Fsp3) is 0.583. The second-order valence-corrected chi connectivity index (χ2v) is 7.79. The van der Waals surface area contributed by atoms with E-state index in [1.54, 1.807) is 0 Å². The normalized spacial score (nSPS) is 17.2. The lowest BCUT2D eigenvalue weighted by Gasteiger charge is -2.27. The van der Waals surface area contributed by atoms with Crippen molar-refractivity contribution < 1.29 is 9.47 Å². The largest absolute Gasteiger partial charge is 0.393 e. The molecular formula is C24H39N7O2. The van der Waals surface area contributed by atoms with Gasteiger partial charge in [0, 0.05) is 57.9 Å². The number of hydrogen-bond donors (Lipinski definition) is 3. The van der Waals surface area contributed by atoms with Gasteiger partial charge in [-0.2, -0.15) is 0 Å². The fourth-order valence-corrected chi connectivity index (χ4v) is 3.77. The molecule has 33 heavy (non-hydrogen) atoms. The van der Waals surface area contributed by atoms with Crippen LogP contribution < -0.4 is 16.4 Å². The SMILES string of the molecule is CC.Nc1c(NCCN2CCOCC2)nc(-c2ccccc2)nc1NCCN1CCOCC1. The molecule has 2 saturated heterocycles. The van der Waals surface area contributed by atoms with Crippen molar-refractivity contribution in [3.8, 4) is 11.4 Å². The zero-order chi connectivity index (χ0) is 23.3. The molecule has 0 unspecified atom stereocenters. The molecule has 2 aliphatic heterocycles. The molecule has 1 aromatic carbocycles. The van der Waals surface area contributed by atoms with E-state index in [0.717, 1.165) is 84.3 Å². The third-order valence-electron chi connectivity index (χ3n) is 5.63. The van der Waals surface area contributed by atoms with Crippen LogP contribution in [0.3, 0.4) is 0 Å². The van der Waals surface area contributed by atoms with Gasteiger partial charge in [-0.25, -0.2) is 9.97 Å². The highest BCUT2D eigenvalue weighted by Gasteiger charge is 2.15. The van der Waals surface area contributed by atoms with Crippen LogP contribution in [0.4, 0.5) is 17.3 Å². The Morgan fingerprint density at radius 3 is 1.70 bits per heavy atom. The number of hydrogen-bond acceptors (Lipinski definition) is 9. The molecule has 182 valence electrons. The Morgan fingerprint density at radius 1 is 0.788 bits per heavy atom. The molecular weight excluding hydrogens is 418 g/mol. The molecule has 0 saturated carbocycles. The van der Waals surface area contributed by atoms with E-state index in [2.05, 4.69) is 20.4 Å². The van der Waals surface area contributed by atoms with E-state index in [9.17, 15) is 0 Å². The molecule has 0 spiro atoms. The van der Waals surface area contributed by atoms with Gasteiger partial charge in [0.05, 0.1) is 26.4 Å². The maximum Gasteiger partial charge on any atom is 0.164 e. The van der Waals surface area contributed by atoms with Gasteiger partial charge in [-0.15, -0.1) is 0 Å². The summed E-state index contributed by atoms with van der Waals surface area (Å²) in [4.78, 5) is 14.2. The monoisotopic (exact) mass is 457 g/mol. The quantitative estimate of drug-likeness (QED) is 0.523. The molecule has 9 nitrogen and oxygen atoms in total. The first-order chi connectivity index (χ1) is 16.3. The number of benzene rings is 1. The molecule has 3 heterocycles. The van der Waals surface area contributed by atoms with Gasteiger partial charge in [0.25, 0.3) is 0 Å². The van der Waals surface area contributed by atoms with Crippen molar-refractivity contribution in [2.75, 3.05) is 95.2 Å². The summed E-state index contributed by atoms with van der Waals surface area (Å²) in [7, 11) is 0. The summed E-state index contributed by atoms with van der Waals surface area (Å²) in [6.07, 6.45) is 0. The average Bonchev–Trinajstić information content (AvgIpc) is 2.89. The lowest BCUT2D eigenvalue weighted by Crippen LogP contribution is -2.39. The predicted molar refractivity (Wildman–Crippen MR) is 135 cm³/mol. The summed E-state index contributed by atoms with van der Waals surface area (Å²) in [6.45, 7) is 14.4. The Bertz CT molecular complexity index is 765. The Balaban J connectivity index is 0.00000149. The molecule has 0 radical (unpaired) electrons. The molecule has 2 fully saturated rings. The van der Waals surface area contributed by atoms with Gasteiger partial charge in [-0.3, -0.25) is 9.80 Å². The van der Waals surface area contributed by atoms with Crippen molar-refractivity contribution in [3.63, 3.8) is 0 Å². The van der Waals surface area contributed by atoms with Gasteiger partial charge < -0.3 is 25.8 Å². The topological polar surface area (TPSA) is 101 Å². The Hall–Kier alpha value is -2.46. The van der Waals surface area contributed by atoms with E-state index in [-0.39, 0.29) is 0 Å². The number of nitrogen functional groups attached to an aromatic ring is 1. The average molecular weight is 458 g/mol. The van der Waals surface area contributed by atoms with E-state index in [4.69, 9.17) is 25.2 Å². The Labute approximate surface area is 197 Å². The third kappa shape index (κ3) is 7.82. The molecule has 1 aromatic heterocycles. The maximum atomic E-state index is 6.45. The van der Waals surface area contributed by atoms with Gasteiger partial charge in [-0.05, 0) is 0 Å². The van der Waals surface area contributed by atoms with E-state index in [1.165, 1.54) is 0 Å². The lowest BCUT2D eigenvalue weighted by molar-refractivity contribution is 0.0398. The second kappa shape index (κ2) is 13.9. The Kier molecular flexibility index (Phi) is 10.6. The van der Waals surface area contributed by atoms with Crippen molar-refractivity contribution in [1.29, 1.82) is 0 Å². The number of nitrogens with one attached hydrogen (secondary N) is 2. The number of morpholine rings is 2. The van der Waals surface area contributed by atoms with Crippen molar-refractivity contribution >= 4 is 17.3 Å². The van der Waals surface area contributed by atoms with E-state index < -0.39 is 0 Å². The van der Waals surface area contributed by atoms with Crippen LogP contribution in [0.5, 0.6) is 0 Å². The number of aromatic nitrogens is 2. The van der Waals surface area contributed by atoms with Crippen LogP contribution in [-0.4, -0.2) is 98.6 Å². The zero-order valence-corrected chi connectivity index (χ0v) is 20.1. The van der Waals surface area contributed by atoms with Crippen LogP contribution in [0.2, 0.25) is 0 Å². The highest BCUT2D eigenvalue weighted by atomic mass is 16.5. The van der Waals surface area contributed by atoms with Gasteiger partial charge in [-0.1, -0.05) is 44.2 Å². The predicted octanol–water partition coefficient (Wildman–Crippen LogP) is 2.24. The Morgan fingerprint density at radius 2 is 1.24 bits per heavy atom. The fourth-order valence-electron chi connectivity index (χ4n) is 3.77. The first kappa shape index (κ1) is 25.2. The molecule has 0 bridgehead atoms. The summed E-state index contributed by atoms with van der Waals surface area (Å²) in [5.41, 5.74) is 7.98. The third-order valence-corrected chi connectivity index (χ3v) is 5.63. The van der Waals surface area contributed by atoms with Crippen molar-refractivity contribution in [3.05, 3.63) is 30.3 Å². The maximum absolute atomic E-state index is 6.45. The van der Waals surface area contributed by atoms with Crippen molar-refractivity contribution in [1.82, 2.24) is 19.8 Å². The lowest BCUT2D eigenvalue weighted by atomic mass is 10.2. The van der Waals surface area contributed by atoms with Crippen LogP contribution in [0.1, 0.15) is 13.8 Å². The van der Waals surface area contributed by atoms with Crippen LogP contribution >= 0.6 is 0 Å². The van der Waals surface area contributed by atoms with Crippen LogP contribution in [-0.2, 0) is 9.47 Å². The number of anilines is 3. The molecule has 4 rings (SSSR count). The van der Waals surface area contributed by atoms with Crippen LogP contribution in [0, 0.1) is 0 Å². The first-order valence-corrected chi connectivity index (χ1v) is 12.1. The summed E-state index contributed by atoms with van der Waals surface area (Å²) < 4.78 is 10.8. The number of nitrogens with zero attached hydrogens (tertiary/aromatic N) is 4. The number of nitrogens with two attached hydrogens (primary N) is 1. The van der Waals surface area contributed by atoms with Crippen LogP contribution in [0.25, 0.3) is 11.4 Å². The molecule has 0 amide bonds. The molecule has 0 aliphatic carbocycles. The molecule has 9 heteroatoms. The standard InChI is InChI=1S/C22H33N7O2.C2H6/c23-19-21(24-6-8-28-10-14-30-15-11-28)26-20(18-4-2-1-3-5-18)27-22(19)25-7-9-29-12-16-31-17-13-29;1-2/h1-5H,6-17,23H2,(H2,24,25,26,27);1-2H3. The minimum Gasteiger partial charge on any atom is -0.393 e. The van der Waals surface area contributed by atoms with Gasteiger partial charge in [0.1, 0.15) is 5.69 Å². The molecule has 2 aromatic rings. The number of rotatable bonds is 9. The summed E-state index contributed by atoms with van der Waals surface area (Å²) in [5, 5.41) is 6.85. The second-order valence-electron chi connectivity index (χ2n) is 7.79. The number of ether oxygens (including phenoxy) is 2. The molecule has 4 N–H and O–H groups in total. The van der Waals surface area contributed by atoms with Crippen molar-refractivity contribution in [2.24, 2.45) is 0 Å². The first-order valence-electron chi connectivity index (χ1n) is 12.1. The minimum atomic E-state index is 0.559. The molecule has 2 aliphatic rings. The van der Waals surface area contributed by atoms with Gasteiger partial charge in [0.15, 0.2) is 17.5 Å². The van der Waals surface area contributed by atoms with E-state index in [1.807, 2.05) is 44.2 Å². The summed E-state index contributed by atoms with van der Waals surface area (Å²) >= 11 is 0. The highest BCUT2D eigenvalue weighted by molar-refractivity contribution is 5.77. The zero-order valence-electron chi connectivity index (χ0n) is 20.1. The summed E-state index contributed by atoms with van der Waals surface area (Å²) in [6, 6.07) is 10.0. The van der Waals surface area contributed by atoms with Crippen LogP contribution in [0.15, 0.2) is 30.3 Å². The van der Waals surface area contributed by atoms with E-state index >= 15 is 0 Å². The van der Waals surface area contributed by atoms with Crippen molar-refractivity contribution in [2.45, 2.75) is 13.8 Å². The summed E-state index contributed by atoms with van der Waals surface area (Å²) in [5.74, 6) is 2.02. The highest BCUT2D eigenvalue weighted by Crippen LogP contribution is 2.28. The molecule has 0 atom stereocenters. The smallest absolute Gasteiger partial charge is 0.164 e. The van der Waals surface area contributed by atoms with Gasteiger partial charge >= 0.3 is 0 Å².